The van der Waals surface area contributed by atoms with Gasteiger partial charge in [-0.1, -0.05) is 17.7 Å². The van der Waals surface area contributed by atoms with Gasteiger partial charge in [0.05, 0.1) is 0 Å². The number of carbonyl (C=O) groups excluding carboxylic acids is 1. The van der Waals surface area contributed by atoms with Crippen LogP contribution in [0.1, 0.15) is 30.4 Å². The Labute approximate surface area is 124 Å². The molecule has 2 amide bonds. The molecular formula is C16H20N2O3. The highest BCUT2D eigenvalue weighted by atomic mass is 16.4. The number of aryl methyl sites for hydroxylation is 2. The highest BCUT2D eigenvalue weighted by Gasteiger charge is 2.37. The van der Waals surface area contributed by atoms with Crippen LogP contribution in [0.3, 0.4) is 0 Å². The molecule has 1 N–H and O–H groups in total. The summed E-state index contributed by atoms with van der Waals surface area (Å²) in [5.74, 6) is -0.901. The number of hydrogen-bond acceptors (Lipinski definition) is 2. The minimum absolute atomic E-state index is 0.162. The summed E-state index contributed by atoms with van der Waals surface area (Å²) in [5, 5.41) is 9.25. The summed E-state index contributed by atoms with van der Waals surface area (Å²) in [4.78, 5) is 27.3. The van der Waals surface area contributed by atoms with Gasteiger partial charge in [0, 0.05) is 18.8 Å². The normalized spacial score (nSPS) is 21.3. The van der Waals surface area contributed by atoms with Gasteiger partial charge in [0.15, 0.2) is 0 Å². The number of amides is 2. The molecular weight excluding hydrogens is 268 g/mol. The Morgan fingerprint density at radius 2 is 2.05 bits per heavy atom. The summed E-state index contributed by atoms with van der Waals surface area (Å²) in [6.07, 6.45) is 3.21. The number of likely N-dealkylation sites (tertiary alicyclic amines) is 1. The number of carbonyl (C=O) groups is 2. The largest absolute Gasteiger partial charge is 0.480 e. The minimum atomic E-state index is -0.901. The molecule has 1 atom stereocenters. The van der Waals surface area contributed by atoms with Crippen molar-refractivity contribution in [2.24, 2.45) is 0 Å². The van der Waals surface area contributed by atoms with Gasteiger partial charge in [-0.25, -0.2) is 9.59 Å². The first kappa shape index (κ1) is 13.9. The molecule has 0 aliphatic carbocycles. The lowest BCUT2D eigenvalue weighted by atomic mass is 10.00. The molecule has 0 saturated carbocycles. The van der Waals surface area contributed by atoms with Crippen molar-refractivity contribution in [2.45, 2.75) is 38.6 Å². The molecule has 0 spiro atoms. The first-order valence-corrected chi connectivity index (χ1v) is 7.48. The fourth-order valence-corrected chi connectivity index (χ4v) is 3.33. The molecule has 21 heavy (non-hydrogen) atoms. The second kappa shape index (κ2) is 5.39. The lowest BCUT2D eigenvalue weighted by molar-refractivity contribution is -0.141. The number of anilines is 1. The molecule has 0 aromatic heterocycles. The van der Waals surface area contributed by atoms with Crippen molar-refractivity contribution in [1.29, 1.82) is 0 Å². The van der Waals surface area contributed by atoms with E-state index in [9.17, 15) is 14.7 Å². The van der Waals surface area contributed by atoms with Crippen molar-refractivity contribution < 1.29 is 14.7 Å². The van der Waals surface area contributed by atoms with Crippen molar-refractivity contribution in [2.75, 3.05) is 18.0 Å². The Morgan fingerprint density at radius 1 is 1.24 bits per heavy atom. The van der Waals surface area contributed by atoms with Gasteiger partial charge in [0.1, 0.15) is 6.04 Å². The molecule has 5 nitrogen and oxygen atoms in total. The van der Waals surface area contributed by atoms with Crippen LogP contribution in [0.4, 0.5) is 10.5 Å². The molecule has 1 aromatic rings. The Kier molecular flexibility index (Phi) is 3.57. The van der Waals surface area contributed by atoms with Crippen LogP contribution < -0.4 is 4.90 Å². The van der Waals surface area contributed by atoms with Crippen LogP contribution >= 0.6 is 0 Å². The summed E-state index contributed by atoms with van der Waals surface area (Å²) >= 11 is 0. The number of rotatable bonds is 1. The fourth-order valence-electron chi connectivity index (χ4n) is 3.33. The van der Waals surface area contributed by atoms with E-state index in [4.69, 9.17) is 0 Å². The average Bonchev–Trinajstić information content (AvgIpc) is 2.95. The zero-order valence-electron chi connectivity index (χ0n) is 12.2. The lowest BCUT2D eigenvalue weighted by Gasteiger charge is -2.34. The third-order valence-electron chi connectivity index (χ3n) is 4.37. The molecule has 1 saturated heterocycles. The number of benzene rings is 1. The number of carboxylic acids is 1. The Hall–Kier alpha value is -2.04. The maximum Gasteiger partial charge on any atom is 0.326 e. The van der Waals surface area contributed by atoms with Crippen molar-refractivity contribution in [1.82, 2.24) is 4.90 Å². The number of urea groups is 1. The van der Waals surface area contributed by atoms with Gasteiger partial charge in [0.25, 0.3) is 0 Å². The molecule has 2 heterocycles. The SMILES string of the molecule is Cc1ccc2c(c1)CCCN2C(=O)N1CCC[C@@H]1C(=O)O. The van der Waals surface area contributed by atoms with Gasteiger partial charge >= 0.3 is 12.0 Å². The van der Waals surface area contributed by atoms with Crippen LogP contribution in [-0.2, 0) is 11.2 Å². The Bertz CT molecular complexity index is 585. The molecule has 112 valence electrons. The van der Waals surface area contributed by atoms with Gasteiger partial charge in [-0.05, 0) is 44.2 Å². The predicted molar refractivity (Wildman–Crippen MR) is 79.6 cm³/mol. The molecule has 1 fully saturated rings. The van der Waals surface area contributed by atoms with Crippen LogP contribution in [0.15, 0.2) is 18.2 Å². The number of fused-ring (bicyclic) bond motifs is 1. The first-order valence-electron chi connectivity index (χ1n) is 7.48. The first-order chi connectivity index (χ1) is 10.1. The number of hydrogen-bond donors (Lipinski definition) is 1. The smallest absolute Gasteiger partial charge is 0.326 e. The van der Waals surface area contributed by atoms with Gasteiger partial charge in [-0.3, -0.25) is 4.90 Å². The minimum Gasteiger partial charge on any atom is -0.480 e. The Balaban J connectivity index is 1.88. The number of nitrogens with zero attached hydrogens (tertiary/aromatic N) is 2. The monoisotopic (exact) mass is 288 g/mol. The van der Waals surface area contributed by atoms with Crippen LogP contribution in [0.5, 0.6) is 0 Å². The zero-order valence-corrected chi connectivity index (χ0v) is 12.2. The van der Waals surface area contributed by atoms with Crippen LogP contribution in [0, 0.1) is 6.92 Å². The van der Waals surface area contributed by atoms with E-state index in [-0.39, 0.29) is 6.03 Å². The summed E-state index contributed by atoms with van der Waals surface area (Å²) < 4.78 is 0. The second-order valence-electron chi connectivity index (χ2n) is 5.86. The predicted octanol–water partition coefficient (Wildman–Crippen LogP) is 2.42. The standard InChI is InChI=1S/C16H20N2O3/c1-11-6-7-13-12(10-11)4-2-8-17(13)16(21)18-9-3-5-14(18)15(19)20/h6-7,10,14H,2-5,8-9H2,1H3,(H,19,20)/t14-/m1/s1. The van der Waals surface area contributed by atoms with E-state index in [1.165, 1.54) is 16.0 Å². The quantitative estimate of drug-likeness (QED) is 0.863. The molecule has 0 unspecified atom stereocenters. The average molecular weight is 288 g/mol. The van der Waals surface area contributed by atoms with E-state index < -0.39 is 12.0 Å². The van der Waals surface area contributed by atoms with Gasteiger partial charge in [-0.2, -0.15) is 0 Å². The third-order valence-corrected chi connectivity index (χ3v) is 4.37. The van der Waals surface area contributed by atoms with E-state index in [1.807, 2.05) is 19.1 Å². The second-order valence-corrected chi connectivity index (χ2v) is 5.86. The molecule has 0 radical (unpaired) electrons. The highest BCUT2D eigenvalue weighted by molar-refractivity contribution is 5.96. The van der Waals surface area contributed by atoms with E-state index in [1.54, 1.807) is 4.90 Å². The summed E-state index contributed by atoms with van der Waals surface area (Å²) in [6, 6.07) is 5.27. The van der Waals surface area contributed by atoms with E-state index in [0.29, 0.717) is 19.5 Å². The summed E-state index contributed by atoms with van der Waals surface area (Å²) in [5.41, 5.74) is 3.31. The number of carboxylic acid groups (broad SMARTS) is 1. The van der Waals surface area contributed by atoms with Gasteiger partial charge in [-0.15, -0.1) is 0 Å². The zero-order chi connectivity index (χ0) is 15.0. The van der Waals surface area contributed by atoms with Crippen molar-refractivity contribution in [3.63, 3.8) is 0 Å². The lowest BCUT2D eigenvalue weighted by Crippen LogP contribution is -2.49. The molecule has 3 rings (SSSR count). The van der Waals surface area contributed by atoms with E-state index in [2.05, 4.69) is 6.07 Å². The summed E-state index contributed by atoms with van der Waals surface area (Å²) in [7, 11) is 0. The summed E-state index contributed by atoms with van der Waals surface area (Å²) in [6.45, 7) is 3.24. The number of aliphatic carboxylic acids is 1. The Morgan fingerprint density at radius 3 is 2.81 bits per heavy atom. The third kappa shape index (κ3) is 2.48. The molecule has 2 aliphatic heterocycles. The van der Waals surface area contributed by atoms with Crippen molar-refractivity contribution in [3.8, 4) is 0 Å². The van der Waals surface area contributed by atoms with Gasteiger partial charge in [0.2, 0.25) is 0 Å². The molecule has 5 heteroatoms. The van der Waals surface area contributed by atoms with Gasteiger partial charge < -0.3 is 10.0 Å². The van der Waals surface area contributed by atoms with E-state index in [0.717, 1.165) is 24.9 Å². The molecule has 1 aromatic carbocycles. The molecule has 0 bridgehead atoms. The molecule has 2 aliphatic rings. The van der Waals surface area contributed by atoms with Crippen LogP contribution in [0.25, 0.3) is 0 Å². The van der Waals surface area contributed by atoms with Crippen LogP contribution in [-0.4, -0.2) is 41.1 Å². The van der Waals surface area contributed by atoms with Crippen LogP contribution in [0.2, 0.25) is 0 Å². The van der Waals surface area contributed by atoms with E-state index >= 15 is 0 Å². The topological polar surface area (TPSA) is 60.9 Å². The fraction of sp³-hybridized carbons (Fsp3) is 0.500. The van der Waals surface area contributed by atoms with Crippen molar-refractivity contribution in [3.05, 3.63) is 29.3 Å². The van der Waals surface area contributed by atoms with Crippen molar-refractivity contribution >= 4 is 17.7 Å². The maximum absolute atomic E-state index is 12.8. The highest BCUT2D eigenvalue weighted by Crippen LogP contribution is 2.30. The maximum atomic E-state index is 12.8.